The van der Waals surface area contributed by atoms with E-state index in [9.17, 15) is 22.9 Å². The fraction of sp³-hybridized carbons (Fsp3) is 0.0526. The minimum Gasteiger partial charge on any atom is -0.279 e. The Balaban J connectivity index is 1.92. The summed E-state index contributed by atoms with van der Waals surface area (Å²) in [6.07, 6.45) is 0. The molecule has 138 valence electrons. The maximum Gasteiger partial charge on any atom is 0.269 e. The molecular weight excluding hydrogens is 371 g/mol. The third-order valence-corrected chi connectivity index (χ3v) is 5.35. The first-order chi connectivity index (χ1) is 12.8. The van der Waals surface area contributed by atoms with E-state index in [1.54, 1.807) is 31.2 Å². The van der Waals surface area contributed by atoms with E-state index < -0.39 is 14.9 Å². The molecular formula is C19H15FN2O4S. The van der Waals surface area contributed by atoms with Crippen LogP contribution < -0.4 is 4.72 Å². The van der Waals surface area contributed by atoms with Crippen molar-refractivity contribution in [3.63, 3.8) is 0 Å². The van der Waals surface area contributed by atoms with Crippen molar-refractivity contribution in [2.75, 3.05) is 4.72 Å². The number of nitro benzene ring substituents is 1. The standard InChI is InChI=1S/C19H15FN2O4S/c1-13-11-17(22(23)24)9-10-19(13)21-27(25,26)18-4-2-3-15(12-18)14-5-7-16(20)8-6-14/h2-12,21H,1H3. The van der Waals surface area contributed by atoms with Crippen molar-refractivity contribution in [1.82, 2.24) is 0 Å². The van der Waals surface area contributed by atoms with Gasteiger partial charge in [-0.2, -0.15) is 0 Å². The highest BCUT2D eigenvalue weighted by Gasteiger charge is 2.17. The zero-order valence-corrected chi connectivity index (χ0v) is 15.0. The third kappa shape index (κ3) is 4.12. The topological polar surface area (TPSA) is 89.3 Å². The summed E-state index contributed by atoms with van der Waals surface area (Å²) >= 11 is 0. The van der Waals surface area contributed by atoms with Gasteiger partial charge in [0.2, 0.25) is 0 Å². The van der Waals surface area contributed by atoms with Gasteiger partial charge in [0.25, 0.3) is 15.7 Å². The molecule has 0 radical (unpaired) electrons. The van der Waals surface area contributed by atoms with Gasteiger partial charge < -0.3 is 0 Å². The SMILES string of the molecule is Cc1cc([N+](=O)[O-])ccc1NS(=O)(=O)c1cccc(-c2ccc(F)cc2)c1. The molecule has 0 bridgehead atoms. The van der Waals surface area contributed by atoms with Crippen LogP contribution in [0.2, 0.25) is 0 Å². The van der Waals surface area contributed by atoms with Crippen molar-refractivity contribution < 1.29 is 17.7 Å². The van der Waals surface area contributed by atoms with Crippen molar-refractivity contribution in [2.24, 2.45) is 0 Å². The predicted octanol–water partition coefficient (Wildman–Crippen LogP) is 4.51. The molecule has 0 amide bonds. The van der Waals surface area contributed by atoms with Gasteiger partial charge in [0.1, 0.15) is 5.82 Å². The lowest BCUT2D eigenvalue weighted by atomic mass is 10.1. The van der Waals surface area contributed by atoms with E-state index in [2.05, 4.69) is 4.72 Å². The molecule has 0 saturated carbocycles. The van der Waals surface area contributed by atoms with Crippen molar-refractivity contribution in [2.45, 2.75) is 11.8 Å². The van der Waals surface area contributed by atoms with E-state index in [0.29, 0.717) is 16.7 Å². The molecule has 0 fully saturated rings. The second kappa shape index (κ2) is 7.16. The van der Waals surface area contributed by atoms with Gasteiger partial charge in [0.05, 0.1) is 15.5 Å². The summed E-state index contributed by atoms with van der Waals surface area (Å²) in [5, 5.41) is 10.8. The van der Waals surface area contributed by atoms with Crippen molar-refractivity contribution in [3.05, 3.63) is 88.2 Å². The molecule has 0 aliphatic rings. The van der Waals surface area contributed by atoms with E-state index in [4.69, 9.17) is 0 Å². The van der Waals surface area contributed by atoms with Gasteiger partial charge in [-0.3, -0.25) is 14.8 Å². The summed E-state index contributed by atoms with van der Waals surface area (Å²) in [6, 6.07) is 15.9. The lowest BCUT2D eigenvalue weighted by molar-refractivity contribution is -0.384. The molecule has 0 heterocycles. The zero-order valence-electron chi connectivity index (χ0n) is 14.2. The van der Waals surface area contributed by atoms with E-state index in [-0.39, 0.29) is 22.1 Å². The quantitative estimate of drug-likeness (QED) is 0.516. The molecule has 0 aromatic heterocycles. The fourth-order valence-corrected chi connectivity index (χ4v) is 3.74. The summed E-state index contributed by atoms with van der Waals surface area (Å²) in [4.78, 5) is 10.3. The lowest BCUT2D eigenvalue weighted by Crippen LogP contribution is -2.14. The van der Waals surface area contributed by atoms with Gasteiger partial charge in [-0.15, -0.1) is 0 Å². The number of hydrogen-bond acceptors (Lipinski definition) is 4. The van der Waals surface area contributed by atoms with Crippen LogP contribution >= 0.6 is 0 Å². The second-order valence-corrected chi connectivity index (χ2v) is 7.58. The van der Waals surface area contributed by atoms with E-state index in [0.717, 1.165) is 0 Å². The Hall–Kier alpha value is -3.26. The predicted molar refractivity (Wildman–Crippen MR) is 100 cm³/mol. The molecule has 1 N–H and O–H groups in total. The third-order valence-electron chi connectivity index (χ3n) is 3.99. The molecule has 3 aromatic rings. The Kier molecular flexibility index (Phi) is 4.91. The summed E-state index contributed by atoms with van der Waals surface area (Å²) in [5.74, 6) is -0.377. The lowest BCUT2D eigenvalue weighted by Gasteiger charge is -2.11. The molecule has 27 heavy (non-hydrogen) atoms. The van der Waals surface area contributed by atoms with Gasteiger partial charge in [-0.25, -0.2) is 12.8 Å². The smallest absolute Gasteiger partial charge is 0.269 e. The molecule has 0 spiro atoms. The van der Waals surface area contributed by atoms with E-state index >= 15 is 0 Å². The molecule has 6 nitrogen and oxygen atoms in total. The zero-order chi connectivity index (χ0) is 19.6. The number of nitrogens with zero attached hydrogens (tertiary/aromatic N) is 1. The maximum atomic E-state index is 13.1. The highest BCUT2D eigenvalue weighted by atomic mass is 32.2. The molecule has 0 saturated heterocycles. The van der Waals surface area contributed by atoms with Crippen LogP contribution in [0.1, 0.15) is 5.56 Å². The first kappa shape index (κ1) is 18.5. The Morgan fingerprint density at radius 2 is 1.67 bits per heavy atom. The van der Waals surface area contributed by atoms with Crippen LogP contribution in [0, 0.1) is 22.9 Å². The van der Waals surface area contributed by atoms with Crippen LogP contribution in [-0.4, -0.2) is 13.3 Å². The van der Waals surface area contributed by atoms with Crippen LogP contribution in [0.25, 0.3) is 11.1 Å². The first-order valence-electron chi connectivity index (χ1n) is 7.90. The first-order valence-corrected chi connectivity index (χ1v) is 9.38. The van der Waals surface area contributed by atoms with Crippen LogP contribution in [0.5, 0.6) is 0 Å². The molecule has 0 aliphatic heterocycles. The van der Waals surface area contributed by atoms with Crippen molar-refractivity contribution in [1.29, 1.82) is 0 Å². The summed E-state index contributed by atoms with van der Waals surface area (Å²) in [5.41, 5.74) is 1.88. The highest BCUT2D eigenvalue weighted by Crippen LogP contribution is 2.26. The van der Waals surface area contributed by atoms with Gasteiger partial charge in [-0.05, 0) is 53.9 Å². The number of aryl methyl sites for hydroxylation is 1. The highest BCUT2D eigenvalue weighted by molar-refractivity contribution is 7.92. The summed E-state index contributed by atoms with van der Waals surface area (Å²) in [7, 11) is -3.90. The van der Waals surface area contributed by atoms with Gasteiger partial charge in [-0.1, -0.05) is 24.3 Å². The Bertz CT molecular complexity index is 1110. The Morgan fingerprint density at radius 3 is 2.30 bits per heavy atom. The molecule has 8 heteroatoms. The number of nitrogens with one attached hydrogen (secondary N) is 1. The summed E-state index contributed by atoms with van der Waals surface area (Å²) in [6.45, 7) is 1.58. The second-order valence-electron chi connectivity index (χ2n) is 5.90. The van der Waals surface area contributed by atoms with Gasteiger partial charge >= 0.3 is 0 Å². The number of nitro groups is 1. The molecule has 0 unspecified atom stereocenters. The minimum absolute atomic E-state index is 0.0297. The number of rotatable bonds is 5. The van der Waals surface area contributed by atoms with E-state index in [1.807, 2.05) is 0 Å². The molecule has 3 rings (SSSR count). The number of anilines is 1. The average Bonchev–Trinajstić information content (AvgIpc) is 2.64. The Morgan fingerprint density at radius 1 is 0.963 bits per heavy atom. The normalized spacial score (nSPS) is 11.2. The number of hydrogen-bond donors (Lipinski definition) is 1. The Labute approximate surface area is 155 Å². The fourth-order valence-electron chi connectivity index (χ4n) is 2.56. The summed E-state index contributed by atoms with van der Waals surface area (Å²) < 4.78 is 40.9. The number of halogens is 1. The van der Waals surface area contributed by atoms with Crippen LogP contribution in [0.4, 0.5) is 15.8 Å². The van der Waals surface area contributed by atoms with Crippen LogP contribution in [0.15, 0.2) is 71.6 Å². The van der Waals surface area contributed by atoms with Gasteiger partial charge in [0, 0.05) is 12.1 Å². The van der Waals surface area contributed by atoms with Gasteiger partial charge in [0.15, 0.2) is 0 Å². The average molecular weight is 386 g/mol. The van der Waals surface area contributed by atoms with Crippen LogP contribution in [0.3, 0.4) is 0 Å². The molecule has 3 aromatic carbocycles. The van der Waals surface area contributed by atoms with Crippen molar-refractivity contribution in [3.8, 4) is 11.1 Å². The monoisotopic (exact) mass is 386 g/mol. The maximum absolute atomic E-state index is 13.1. The number of benzene rings is 3. The number of non-ortho nitro benzene ring substituents is 1. The van der Waals surface area contributed by atoms with Crippen molar-refractivity contribution >= 4 is 21.4 Å². The minimum atomic E-state index is -3.90. The molecule has 0 atom stereocenters. The molecule has 0 aliphatic carbocycles. The largest absolute Gasteiger partial charge is 0.279 e. The number of sulfonamides is 1. The van der Waals surface area contributed by atoms with E-state index in [1.165, 1.54) is 42.5 Å². The van der Waals surface area contributed by atoms with Crippen LogP contribution in [-0.2, 0) is 10.0 Å².